The smallest absolute Gasteiger partial charge is 0.256 e. The summed E-state index contributed by atoms with van der Waals surface area (Å²) < 4.78 is 13.9. The van der Waals surface area contributed by atoms with Crippen molar-refractivity contribution in [2.24, 2.45) is 5.92 Å². The van der Waals surface area contributed by atoms with Crippen LogP contribution in [0.15, 0.2) is 18.2 Å². The number of carbonyl (C=O) groups excluding carboxylic acids is 1. The van der Waals surface area contributed by atoms with E-state index in [4.69, 9.17) is 11.6 Å². The van der Waals surface area contributed by atoms with Crippen LogP contribution in [0.3, 0.4) is 0 Å². The zero-order valence-electron chi connectivity index (χ0n) is 10.5. The number of aryl methyl sites for hydroxylation is 1. The molecule has 0 spiro atoms. The zero-order valence-corrected chi connectivity index (χ0v) is 11.2. The van der Waals surface area contributed by atoms with Crippen LogP contribution in [0.4, 0.5) is 4.39 Å². The van der Waals surface area contributed by atoms with Gasteiger partial charge in [-0.2, -0.15) is 0 Å². The largest absolute Gasteiger partial charge is 0.339 e. The molecule has 0 unspecified atom stereocenters. The van der Waals surface area contributed by atoms with Gasteiger partial charge in [-0.1, -0.05) is 12.1 Å². The van der Waals surface area contributed by atoms with E-state index in [2.05, 4.69) is 0 Å². The van der Waals surface area contributed by atoms with Crippen molar-refractivity contribution in [2.75, 3.05) is 19.0 Å². The highest BCUT2D eigenvalue weighted by Crippen LogP contribution is 2.21. The second kappa shape index (κ2) is 5.70. The molecule has 0 atom stereocenters. The lowest BCUT2D eigenvalue weighted by Crippen LogP contribution is -2.39. The normalized spacial score (nSPS) is 16.9. The quantitative estimate of drug-likeness (QED) is 0.755. The number of carbonyl (C=O) groups is 1. The van der Waals surface area contributed by atoms with Gasteiger partial charge in [-0.3, -0.25) is 4.79 Å². The minimum absolute atomic E-state index is 0.180. The lowest BCUT2D eigenvalue weighted by atomic mass is 9.98. The fourth-order valence-electron chi connectivity index (χ4n) is 2.27. The molecule has 1 aliphatic rings. The number of hydrogen-bond donors (Lipinski definition) is 0. The molecule has 4 heteroatoms. The van der Waals surface area contributed by atoms with Crippen LogP contribution < -0.4 is 0 Å². The van der Waals surface area contributed by atoms with Gasteiger partial charge in [0.2, 0.25) is 0 Å². The van der Waals surface area contributed by atoms with E-state index in [-0.39, 0.29) is 11.5 Å². The van der Waals surface area contributed by atoms with Crippen LogP contribution in [-0.4, -0.2) is 29.8 Å². The van der Waals surface area contributed by atoms with Crippen LogP contribution in [-0.2, 0) is 0 Å². The molecule has 1 aromatic rings. The Kier molecular flexibility index (Phi) is 4.23. The van der Waals surface area contributed by atoms with Crippen LogP contribution in [0.1, 0.15) is 28.8 Å². The third-order valence-electron chi connectivity index (χ3n) is 3.54. The summed E-state index contributed by atoms with van der Waals surface area (Å²) in [6.07, 6.45) is 1.81. The number of benzene rings is 1. The van der Waals surface area contributed by atoms with Crippen LogP contribution in [0, 0.1) is 18.7 Å². The molecule has 0 aliphatic carbocycles. The highest BCUT2D eigenvalue weighted by Gasteiger charge is 2.25. The van der Waals surface area contributed by atoms with E-state index in [9.17, 15) is 9.18 Å². The predicted octanol–water partition coefficient (Wildman–Crippen LogP) is 3.23. The van der Waals surface area contributed by atoms with Gasteiger partial charge < -0.3 is 4.90 Å². The Morgan fingerprint density at radius 2 is 2.11 bits per heavy atom. The Balaban J connectivity index is 2.10. The highest BCUT2D eigenvalue weighted by molar-refractivity contribution is 6.18. The number of likely N-dealkylation sites (tertiary alicyclic amines) is 1. The van der Waals surface area contributed by atoms with Crippen molar-refractivity contribution in [3.8, 4) is 0 Å². The van der Waals surface area contributed by atoms with Crippen LogP contribution in [0.5, 0.6) is 0 Å². The molecule has 0 saturated carbocycles. The average Bonchev–Trinajstić information content (AvgIpc) is 2.41. The maximum Gasteiger partial charge on any atom is 0.256 e. The lowest BCUT2D eigenvalue weighted by molar-refractivity contribution is 0.0693. The third kappa shape index (κ3) is 2.66. The summed E-state index contributed by atoms with van der Waals surface area (Å²) in [5, 5.41) is 0. The third-order valence-corrected chi connectivity index (χ3v) is 3.98. The van der Waals surface area contributed by atoms with Gasteiger partial charge in [-0.25, -0.2) is 4.39 Å². The van der Waals surface area contributed by atoms with Crippen molar-refractivity contribution in [3.05, 3.63) is 35.1 Å². The van der Waals surface area contributed by atoms with Crippen LogP contribution in [0.2, 0.25) is 0 Å². The van der Waals surface area contributed by atoms with E-state index in [1.54, 1.807) is 30.0 Å². The van der Waals surface area contributed by atoms with Crippen molar-refractivity contribution in [3.63, 3.8) is 0 Å². The minimum atomic E-state index is -0.401. The Labute approximate surface area is 112 Å². The van der Waals surface area contributed by atoms with Crippen LogP contribution >= 0.6 is 11.6 Å². The van der Waals surface area contributed by atoms with Crippen molar-refractivity contribution < 1.29 is 9.18 Å². The molecule has 18 heavy (non-hydrogen) atoms. The molecule has 1 fully saturated rings. The van der Waals surface area contributed by atoms with Gasteiger partial charge in [0.25, 0.3) is 5.91 Å². The summed E-state index contributed by atoms with van der Waals surface area (Å²) in [6, 6.07) is 4.95. The van der Waals surface area contributed by atoms with Gasteiger partial charge in [0.1, 0.15) is 5.82 Å². The molecule has 1 aromatic carbocycles. The monoisotopic (exact) mass is 269 g/mol. The maximum absolute atomic E-state index is 13.9. The molecule has 0 N–H and O–H groups in total. The number of hydrogen-bond acceptors (Lipinski definition) is 1. The van der Waals surface area contributed by atoms with Crippen molar-refractivity contribution in [1.82, 2.24) is 4.90 Å². The number of rotatable bonds is 2. The average molecular weight is 270 g/mol. The number of alkyl halides is 1. The Morgan fingerprint density at radius 3 is 2.72 bits per heavy atom. The first-order chi connectivity index (χ1) is 8.63. The van der Waals surface area contributed by atoms with E-state index >= 15 is 0 Å². The molecule has 0 radical (unpaired) electrons. The number of piperidine rings is 1. The number of halogens is 2. The molecular weight excluding hydrogens is 253 g/mol. The van der Waals surface area contributed by atoms with Crippen molar-refractivity contribution >= 4 is 17.5 Å². The van der Waals surface area contributed by atoms with Gasteiger partial charge in [0, 0.05) is 19.0 Å². The topological polar surface area (TPSA) is 20.3 Å². The van der Waals surface area contributed by atoms with Crippen molar-refractivity contribution in [2.45, 2.75) is 19.8 Å². The Morgan fingerprint density at radius 1 is 1.44 bits per heavy atom. The lowest BCUT2D eigenvalue weighted by Gasteiger charge is -2.31. The summed E-state index contributed by atoms with van der Waals surface area (Å²) in [4.78, 5) is 13.9. The van der Waals surface area contributed by atoms with Gasteiger partial charge in [0.15, 0.2) is 0 Å². The van der Waals surface area contributed by atoms with E-state index in [0.29, 0.717) is 30.5 Å². The van der Waals surface area contributed by atoms with E-state index in [1.807, 2.05) is 0 Å². The van der Waals surface area contributed by atoms with Gasteiger partial charge in [-0.15, -0.1) is 11.6 Å². The van der Waals surface area contributed by atoms with Gasteiger partial charge in [-0.05, 0) is 37.3 Å². The van der Waals surface area contributed by atoms with Gasteiger partial charge in [0.05, 0.1) is 5.56 Å². The number of amides is 1. The molecule has 2 nitrogen and oxygen atoms in total. The first kappa shape index (κ1) is 13.3. The maximum atomic E-state index is 13.9. The molecule has 1 aliphatic heterocycles. The molecule has 1 amide bonds. The predicted molar refractivity (Wildman–Crippen MR) is 70.5 cm³/mol. The van der Waals surface area contributed by atoms with E-state index < -0.39 is 5.82 Å². The first-order valence-electron chi connectivity index (χ1n) is 6.24. The van der Waals surface area contributed by atoms with Crippen LogP contribution in [0.25, 0.3) is 0 Å². The zero-order chi connectivity index (χ0) is 13.1. The highest BCUT2D eigenvalue weighted by atomic mass is 35.5. The van der Waals surface area contributed by atoms with Crippen molar-refractivity contribution in [1.29, 1.82) is 0 Å². The SMILES string of the molecule is Cc1cccc(C(=O)N2CCC(CCl)CC2)c1F. The molecular formula is C14H17ClFNO. The number of nitrogens with zero attached hydrogens (tertiary/aromatic N) is 1. The first-order valence-corrected chi connectivity index (χ1v) is 6.77. The van der Waals surface area contributed by atoms with E-state index in [1.165, 1.54) is 0 Å². The fourth-order valence-corrected chi connectivity index (χ4v) is 2.58. The van der Waals surface area contributed by atoms with Gasteiger partial charge >= 0.3 is 0 Å². The summed E-state index contributed by atoms with van der Waals surface area (Å²) in [6.45, 7) is 3.01. The molecule has 0 aromatic heterocycles. The summed E-state index contributed by atoms with van der Waals surface area (Å²) in [7, 11) is 0. The molecule has 98 valence electrons. The molecule has 0 bridgehead atoms. The molecule has 1 heterocycles. The minimum Gasteiger partial charge on any atom is -0.339 e. The fraction of sp³-hybridized carbons (Fsp3) is 0.500. The Bertz CT molecular complexity index is 441. The molecule has 2 rings (SSSR count). The summed E-state index contributed by atoms with van der Waals surface area (Å²) in [5.74, 6) is 0.519. The molecule has 1 saturated heterocycles. The standard InChI is InChI=1S/C14H17ClFNO/c1-10-3-2-4-12(13(10)16)14(18)17-7-5-11(9-15)6-8-17/h2-4,11H,5-9H2,1H3. The summed E-state index contributed by atoms with van der Waals surface area (Å²) >= 11 is 5.81. The summed E-state index contributed by atoms with van der Waals surface area (Å²) in [5.41, 5.74) is 0.691. The van der Waals surface area contributed by atoms with E-state index in [0.717, 1.165) is 12.8 Å². The second-order valence-corrected chi connectivity index (χ2v) is 5.13. The Hall–Kier alpha value is -1.09. The second-order valence-electron chi connectivity index (χ2n) is 4.83.